The summed E-state index contributed by atoms with van der Waals surface area (Å²) in [5.41, 5.74) is 8.92. The molecule has 1 unspecified atom stereocenters. The number of benzene rings is 1. The summed E-state index contributed by atoms with van der Waals surface area (Å²) in [4.78, 5) is 4.45. The Balaban J connectivity index is 0.00000147. The SMILES string of the molecule is I.NC(=NCC1CCC1)NCC1CCc2ccccc21. The van der Waals surface area contributed by atoms with Crippen LogP contribution in [0.25, 0.3) is 0 Å². The third kappa shape index (κ3) is 3.65. The number of hydrogen-bond donors (Lipinski definition) is 2. The highest BCUT2D eigenvalue weighted by Crippen LogP contribution is 2.32. The molecule has 0 amide bonds. The topological polar surface area (TPSA) is 50.4 Å². The summed E-state index contributed by atoms with van der Waals surface area (Å²) in [6.07, 6.45) is 6.44. The number of aliphatic imine (C=N–C) groups is 1. The zero-order chi connectivity index (χ0) is 13.1. The van der Waals surface area contributed by atoms with Gasteiger partial charge in [0.2, 0.25) is 0 Å². The first-order chi connectivity index (χ1) is 9.33. The quantitative estimate of drug-likeness (QED) is 0.476. The Hall–Kier alpha value is -0.780. The van der Waals surface area contributed by atoms with E-state index < -0.39 is 0 Å². The lowest BCUT2D eigenvalue weighted by Crippen LogP contribution is -2.35. The maximum atomic E-state index is 5.94. The molecule has 3 N–H and O–H groups in total. The summed E-state index contributed by atoms with van der Waals surface area (Å²) in [6, 6.07) is 8.74. The van der Waals surface area contributed by atoms with E-state index in [1.807, 2.05) is 0 Å². The zero-order valence-corrected chi connectivity index (χ0v) is 14.2. The van der Waals surface area contributed by atoms with Gasteiger partial charge in [0.25, 0.3) is 0 Å². The van der Waals surface area contributed by atoms with Crippen LogP contribution in [0.5, 0.6) is 0 Å². The number of rotatable bonds is 4. The molecular weight excluding hydrogens is 361 g/mol. The third-order valence-corrected chi connectivity index (χ3v) is 4.53. The molecule has 0 aliphatic heterocycles. The minimum absolute atomic E-state index is 0. The first-order valence-corrected chi connectivity index (χ1v) is 7.44. The number of nitrogens with one attached hydrogen (secondary N) is 1. The van der Waals surface area contributed by atoms with Crippen LogP contribution >= 0.6 is 24.0 Å². The predicted octanol–water partition coefficient (Wildman–Crippen LogP) is 3.04. The first-order valence-electron chi connectivity index (χ1n) is 7.44. The van der Waals surface area contributed by atoms with Crippen LogP contribution in [0.1, 0.15) is 42.7 Å². The van der Waals surface area contributed by atoms with Gasteiger partial charge in [-0.05, 0) is 42.7 Å². The minimum atomic E-state index is 0. The van der Waals surface area contributed by atoms with Crippen molar-refractivity contribution in [1.82, 2.24) is 5.32 Å². The molecular formula is C16H24IN3. The predicted molar refractivity (Wildman–Crippen MR) is 94.8 cm³/mol. The fourth-order valence-electron chi connectivity index (χ4n) is 3.04. The number of guanidine groups is 1. The van der Waals surface area contributed by atoms with Crippen LogP contribution < -0.4 is 11.1 Å². The second-order valence-electron chi connectivity index (χ2n) is 5.84. The Morgan fingerprint density at radius 2 is 2.05 bits per heavy atom. The van der Waals surface area contributed by atoms with E-state index in [2.05, 4.69) is 34.6 Å². The van der Waals surface area contributed by atoms with Gasteiger partial charge in [0.1, 0.15) is 0 Å². The minimum Gasteiger partial charge on any atom is -0.370 e. The van der Waals surface area contributed by atoms with Gasteiger partial charge in [-0.3, -0.25) is 4.99 Å². The molecule has 2 aliphatic rings. The zero-order valence-electron chi connectivity index (χ0n) is 11.8. The number of nitrogens with zero attached hydrogens (tertiary/aromatic N) is 1. The molecule has 20 heavy (non-hydrogen) atoms. The van der Waals surface area contributed by atoms with Crippen molar-refractivity contribution in [2.45, 2.75) is 38.0 Å². The first kappa shape index (κ1) is 15.6. The van der Waals surface area contributed by atoms with Gasteiger partial charge in [-0.2, -0.15) is 0 Å². The number of hydrogen-bond acceptors (Lipinski definition) is 1. The fourth-order valence-corrected chi connectivity index (χ4v) is 3.04. The molecule has 1 fully saturated rings. The van der Waals surface area contributed by atoms with Gasteiger partial charge in [0, 0.05) is 19.0 Å². The normalized spacial score (nSPS) is 21.8. The number of halogens is 1. The standard InChI is InChI=1S/C16H23N3.HI/c17-16(18-10-12-4-3-5-12)19-11-14-9-8-13-6-1-2-7-15(13)14;/h1-2,6-7,12,14H,3-5,8-11H2,(H3,17,18,19);1H. The summed E-state index contributed by atoms with van der Waals surface area (Å²) in [6.45, 7) is 1.82. The monoisotopic (exact) mass is 385 g/mol. The van der Waals surface area contributed by atoms with Gasteiger partial charge < -0.3 is 11.1 Å². The average molecular weight is 385 g/mol. The summed E-state index contributed by atoms with van der Waals surface area (Å²) in [5, 5.41) is 3.30. The van der Waals surface area contributed by atoms with Gasteiger partial charge in [0.05, 0.1) is 0 Å². The maximum absolute atomic E-state index is 5.94. The van der Waals surface area contributed by atoms with E-state index in [-0.39, 0.29) is 24.0 Å². The van der Waals surface area contributed by atoms with Crippen LogP contribution in [0, 0.1) is 5.92 Å². The van der Waals surface area contributed by atoms with Crippen molar-refractivity contribution >= 4 is 29.9 Å². The molecule has 0 saturated heterocycles. The lowest BCUT2D eigenvalue weighted by Gasteiger charge is -2.23. The van der Waals surface area contributed by atoms with E-state index in [1.54, 1.807) is 0 Å². The van der Waals surface area contributed by atoms with E-state index >= 15 is 0 Å². The Kier molecular flexibility index (Phi) is 5.69. The fraction of sp³-hybridized carbons (Fsp3) is 0.562. The largest absolute Gasteiger partial charge is 0.370 e. The molecule has 0 heterocycles. The number of nitrogens with two attached hydrogens (primary N) is 1. The van der Waals surface area contributed by atoms with Gasteiger partial charge in [-0.15, -0.1) is 24.0 Å². The molecule has 2 aliphatic carbocycles. The highest BCUT2D eigenvalue weighted by atomic mass is 127. The molecule has 1 aromatic carbocycles. The molecule has 1 aromatic rings. The molecule has 1 atom stereocenters. The molecule has 0 spiro atoms. The number of aryl methyl sites for hydroxylation is 1. The smallest absolute Gasteiger partial charge is 0.188 e. The highest BCUT2D eigenvalue weighted by Gasteiger charge is 2.21. The van der Waals surface area contributed by atoms with Crippen LogP contribution in [-0.2, 0) is 6.42 Å². The summed E-state index contributed by atoms with van der Waals surface area (Å²) in [5.74, 6) is 2.00. The van der Waals surface area contributed by atoms with Crippen LogP contribution in [0.2, 0.25) is 0 Å². The van der Waals surface area contributed by atoms with E-state index in [1.165, 1.54) is 43.2 Å². The van der Waals surface area contributed by atoms with Crippen LogP contribution in [-0.4, -0.2) is 19.0 Å². The summed E-state index contributed by atoms with van der Waals surface area (Å²) in [7, 11) is 0. The van der Waals surface area contributed by atoms with Crippen molar-refractivity contribution in [3.63, 3.8) is 0 Å². The van der Waals surface area contributed by atoms with E-state index in [0.29, 0.717) is 11.9 Å². The van der Waals surface area contributed by atoms with Crippen molar-refractivity contribution in [2.75, 3.05) is 13.1 Å². The lowest BCUT2D eigenvalue weighted by molar-refractivity contribution is 0.326. The van der Waals surface area contributed by atoms with Crippen molar-refractivity contribution in [3.05, 3.63) is 35.4 Å². The number of fused-ring (bicyclic) bond motifs is 1. The van der Waals surface area contributed by atoms with Gasteiger partial charge in [-0.1, -0.05) is 30.7 Å². The Morgan fingerprint density at radius 3 is 2.80 bits per heavy atom. The molecule has 0 bridgehead atoms. The Labute approximate surface area is 138 Å². The molecule has 3 rings (SSSR count). The lowest BCUT2D eigenvalue weighted by atomic mass is 9.86. The summed E-state index contributed by atoms with van der Waals surface area (Å²) >= 11 is 0. The molecule has 110 valence electrons. The summed E-state index contributed by atoms with van der Waals surface area (Å²) < 4.78 is 0. The Morgan fingerprint density at radius 1 is 1.25 bits per heavy atom. The van der Waals surface area contributed by atoms with Crippen LogP contribution in [0.3, 0.4) is 0 Å². The van der Waals surface area contributed by atoms with Gasteiger partial charge >= 0.3 is 0 Å². The van der Waals surface area contributed by atoms with Crippen molar-refractivity contribution < 1.29 is 0 Å². The average Bonchev–Trinajstić information content (AvgIpc) is 2.78. The second-order valence-corrected chi connectivity index (χ2v) is 5.84. The van der Waals surface area contributed by atoms with E-state index in [0.717, 1.165) is 19.0 Å². The van der Waals surface area contributed by atoms with Crippen molar-refractivity contribution in [2.24, 2.45) is 16.6 Å². The molecule has 1 saturated carbocycles. The molecule has 0 radical (unpaired) electrons. The van der Waals surface area contributed by atoms with Crippen LogP contribution in [0.4, 0.5) is 0 Å². The van der Waals surface area contributed by atoms with Crippen LogP contribution in [0.15, 0.2) is 29.3 Å². The van der Waals surface area contributed by atoms with E-state index in [4.69, 9.17) is 5.73 Å². The van der Waals surface area contributed by atoms with Crippen molar-refractivity contribution in [1.29, 1.82) is 0 Å². The molecule has 4 heteroatoms. The van der Waals surface area contributed by atoms with Gasteiger partial charge in [0.15, 0.2) is 5.96 Å². The maximum Gasteiger partial charge on any atom is 0.188 e. The second kappa shape index (κ2) is 7.29. The van der Waals surface area contributed by atoms with Gasteiger partial charge in [-0.25, -0.2) is 0 Å². The molecule has 0 aromatic heterocycles. The highest BCUT2D eigenvalue weighted by molar-refractivity contribution is 14.0. The van der Waals surface area contributed by atoms with E-state index in [9.17, 15) is 0 Å². The molecule has 3 nitrogen and oxygen atoms in total. The van der Waals surface area contributed by atoms with Crippen molar-refractivity contribution in [3.8, 4) is 0 Å². The Bertz CT molecular complexity index is 469. The third-order valence-electron chi connectivity index (χ3n) is 4.53.